The van der Waals surface area contributed by atoms with E-state index in [1.165, 1.54) is 0 Å². The van der Waals surface area contributed by atoms with E-state index in [1.54, 1.807) is 0 Å². The second-order valence-corrected chi connectivity index (χ2v) is 13.3. The zero-order chi connectivity index (χ0) is 21.4. The Morgan fingerprint density at radius 1 is 1.20 bits per heavy atom. The molecule has 1 heterocycles. The Labute approximate surface area is 184 Å². The molecule has 0 radical (unpaired) electrons. The monoisotopic (exact) mass is 434 g/mol. The lowest BCUT2D eigenvalue weighted by atomic mass is 9.44. The van der Waals surface area contributed by atoms with Crippen LogP contribution in [-0.4, -0.2) is 34.9 Å². The van der Waals surface area contributed by atoms with Crippen molar-refractivity contribution in [3.05, 3.63) is 0 Å². The summed E-state index contributed by atoms with van der Waals surface area (Å²) < 4.78 is 12.5. The van der Waals surface area contributed by atoms with Crippen LogP contribution in [0.4, 0.5) is 0 Å². The number of ketones is 1. The highest BCUT2D eigenvalue weighted by Crippen LogP contribution is 2.77. The Bertz CT molecular complexity index is 833. The van der Waals surface area contributed by atoms with E-state index in [4.69, 9.17) is 21.1 Å². The van der Waals surface area contributed by atoms with Crippen LogP contribution in [0.5, 0.6) is 0 Å². The highest BCUT2D eigenvalue weighted by Gasteiger charge is 2.81. The summed E-state index contributed by atoms with van der Waals surface area (Å²) in [7, 11) is 0. The molecule has 0 aromatic heterocycles. The van der Waals surface area contributed by atoms with Crippen LogP contribution in [0.3, 0.4) is 0 Å². The minimum absolute atomic E-state index is 0.0306. The first-order valence-electron chi connectivity index (χ1n) is 12.0. The fraction of sp³-hybridized carbons (Fsp3) is 0.920. The standard InChI is InChI=1S/C25H35ClO4/c1-22(2,3)21(28)29-12-6-9-24(5)15-7-8-23(4)17(13-10-14(13)19(23)27)16(15)18(26)20-25(24,11-12)30-20/h12-18,20H,6-11H2,1-5H3/t12-,13?,14-,15?,16?,17?,18?,20+,23-,24+,25+/m0/s1. The van der Waals surface area contributed by atoms with Crippen LogP contribution in [-0.2, 0) is 19.1 Å². The van der Waals surface area contributed by atoms with Crippen molar-refractivity contribution in [2.24, 2.45) is 45.8 Å². The van der Waals surface area contributed by atoms with Crippen LogP contribution in [0.25, 0.3) is 0 Å². The van der Waals surface area contributed by atoms with E-state index in [1.807, 2.05) is 20.8 Å². The molecule has 0 amide bonds. The van der Waals surface area contributed by atoms with Crippen LogP contribution >= 0.6 is 11.6 Å². The van der Waals surface area contributed by atoms with Crippen molar-refractivity contribution in [2.45, 2.75) is 96.3 Å². The van der Waals surface area contributed by atoms with Crippen molar-refractivity contribution >= 4 is 23.4 Å². The topological polar surface area (TPSA) is 55.9 Å². The molecule has 0 aromatic carbocycles. The molecule has 1 saturated heterocycles. The number of Topliss-reactive ketones (excluding diaryl/α,β-unsaturated/α-hetero) is 1. The maximum absolute atomic E-state index is 13.0. The Balaban J connectivity index is 1.29. The number of ether oxygens (including phenoxy) is 2. The summed E-state index contributed by atoms with van der Waals surface area (Å²) in [4.78, 5) is 25.5. The highest BCUT2D eigenvalue weighted by atomic mass is 35.5. The van der Waals surface area contributed by atoms with Crippen molar-refractivity contribution < 1.29 is 19.1 Å². The van der Waals surface area contributed by atoms with Crippen molar-refractivity contribution in [3.63, 3.8) is 0 Å². The van der Waals surface area contributed by atoms with Gasteiger partial charge in [0.1, 0.15) is 23.6 Å². The SMILES string of the molecule is CC(C)(C)C(=O)O[C@H]1CC[C@]2(C)C3CC[C@]4(C)C(=O)[C@H]5CC5C4C3C(Cl)[C@H]3O[C@]32C1. The zero-order valence-corrected chi connectivity index (χ0v) is 19.6. The minimum Gasteiger partial charge on any atom is -0.462 e. The van der Waals surface area contributed by atoms with Gasteiger partial charge in [0.15, 0.2) is 0 Å². The zero-order valence-electron chi connectivity index (χ0n) is 18.9. The summed E-state index contributed by atoms with van der Waals surface area (Å²) in [6.45, 7) is 10.4. The van der Waals surface area contributed by atoms with E-state index >= 15 is 0 Å². The lowest BCUT2D eigenvalue weighted by molar-refractivity contribution is -0.168. The quantitative estimate of drug-likeness (QED) is 0.339. The average molecular weight is 435 g/mol. The molecule has 0 aromatic rings. The first-order chi connectivity index (χ1) is 13.9. The Hall–Kier alpha value is -0.610. The molecule has 5 heteroatoms. The van der Waals surface area contributed by atoms with Crippen LogP contribution in [0.1, 0.15) is 73.1 Å². The van der Waals surface area contributed by atoms with Crippen molar-refractivity contribution in [3.8, 4) is 0 Å². The largest absolute Gasteiger partial charge is 0.462 e. The van der Waals surface area contributed by atoms with E-state index in [0.717, 1.165) is 38.5 Å². The van der Waals surface area contributed by atoms with Gasteiger partial charge in [-0.05, 0) is 76.5 Å². The van der Waals surface area contributed by atoms with Gasteiger partial charge in [0.2, 0.25) is 0 Å². The van der Waals surface area contributed by atoms with Gasteiger partial charge in [0.05, 0.1) is 10.8 Å². The van der Waals surface area contributed by atoms with E-state index in [-0.39, 0.29) is 40.0 Å². The number of hydrogen-bond donors (Lipinski definition) is 0. The Morgan fingerprint density at radius 2 is 1.93 bits per heavy atom. The van der Waals surface area contributed by atoms with Gasteiger partial charge >= 0.3 is 5.97 Å². The maximum Gasteiger partial charge on any atom is 0.311 e. The van der Waals surface area contributed by atoms with E-state index in [0.29, 0.717) is 35.4 Å². The molecule has 0 N–H and O–H groups in total. The van der Waals surface area contributed by atoms with Gasteiger partial charge in [-0.2, -0.15) is 0 Å². The molecule has 4 nitrogen and oxygen atoms in total. The number of alkyl halides is 1. The number of epoxide rings is 1. The van der Waals surface area contributed by atoms with Gasteiger partial charge in [-0.25, -0.2) is 0 Å². The predicted molar refractivity (Wildman–Crippen MR) is 113 cm³/mol. The van der Waals surface area contributed by atoms with Gasteiger partial charge in [0.25, 0.3) is 0 Å². The molecule has 6 rings (SSSR count). The fourth-order valence-corrected chi connectivity index (χ4v) is 9.24. The summed E-state index contributed by atoms with van der Waals surface area (Å²) in [5.74, 6) is 2.60. The van der Waals surface area contributed by atoms with Crippen molar-refractivity contribution in [2.75, 3.05) is 0 Å². The molecule has 5 saturated carbocycles. The fourth-order valence-electron chi connectivity index (χ4n) is 8.65. The number of fused-ring (bicyclic) bond motifs is 6. The Kier molecular flexibility index (Phi) is 3.77. The van der Waals surface area contributed by atoms with Gasteiger partial charge in [-0.3, -0.25) is 9.59 Å². The number of carbonyl (C=O) groups is 2. The summed E-state index contributed by atoms with van der Waals surface area (Å²) in [5.41, 5.74) is -0.832. The molecule has 5 unspecified atom stereocenters. The molecule has 5 aliphatic carbocycles. The van der Waals surface area contributed by atoms with Crippen LogP contribution in [0.15, 0.2) is 0 Å². The second-order valence-electron chi connectivity index (χ2n) is 12.8. The average Bonchev–Trinajstić information content (AvgIpc) is 3.56. The second kappa shape index (κ2) is 5.65. The van der Waals surface area contributed by atoms with E-state index in [2.05, 4.69) is 13.8 Å². The minimum atomic E-state index is -0.488. The van der Waals surface area contributed by atoms with Gasteiger partial charge in [-0.15, -0.1) is 11.6 Å². The molecule has 166 valence electrons. The number of rotatable bonds is 1. The van der Waals surface area contributed by atoms with Crippen molar-refractivity contribution in [1.29, 1.82) is 0 Å². The lowest BCUT2D eigenvalue weighted by Gasteiger charge is -2.60. The third kappa shape index (κ3) is 2.23. The number of carbonyl (C=O) groups excluding carboxylic acids is 2. The summed E-state index contributed by atoms with van der Waals surface area (Å²) in [5, 5.41) is -0.0306. The smallest absolute Gasteiger partial charge is 0.311 e. The van der Waals surface area contributed by atoms with E-state index in [9.17, 15) is 9.59 Å². The highest BCUT2D eigenvalue weighted by molar-refractivity contribution is 6.21. The molecular weight excluding hydrogens is 400 g/mol. The number of hydrogen-bond acceptors (Lipinski definition) is 4. The Morgan fingerprint density at radius 3 is 2.63 bits per heavy atom. The first kappa shape index (κ1) is 20.0. The molecule has 1 aliphatic heterocycles. The lowest BCUT2D eigenvalue weighted by Crippen LogP contribution is -2.62. The molecule has 0 bridgehead atoms. The van der Waals surface area contributed by atoms with Gasteiger partial charge < -0.3 is 9.47 Å². The molecular formula is C25H35ClO4. The molecule has 1 spiro atoms. The van der Waals surface area contributed by atoms with Crippen LogP contribution in [0.2, 0.25) is 0 Å². The summed E-state index contributed by atoms with van der Waals surface area (Å²) in [6.07, 6.45) is 5.82. The molecule has 11 atom stereocenters. The summed E-state index contributed by atoms with van der Waals surface area (Å²) in [6, 6.07) is 0. The third-order valence-electron chi connectivity index (χ3n) is 10.4. The van der Waals surface area contributed by atoms with Crippen LogP contribution in [0, 0.1) is 45.8 Å². The van der Waals surface area contributed by atoms with Crippen LogP contribution < -0.4 is 0 Å². The van der Waals surface area contributed by atoms with Gasteiger partial charge in [-0.1, -0.05) is 13.8 Å². The molecule has 30 heavy (non-hydrogen) atoms. The number of esters is 1. The predicted octanol–water partition coefficient (Wildman–Crippen LogP) is 4.76. The van der Waals surface area contributed by atoms with Gasteiger partial charge in [0, 0.05) is 23.2 Å². The maximum atomic E-state index is 13.0. The normalized spacial score (nSPS) is 58.0. The molecule has 6 aliphatic rings. The number of halogens is 1. The third-order valence-corrected chi connectivity index (χ3v) is 10.9. The van der Waals surface area contributed by atoms with E-state index < -0.39 is 5.41 Å². The first-order valence-corrected chi connectivity index (χ1v) is 12.4. The molecule has 6 fully saturated rings. The van der Waals surface area contributed by atoms with Crippen molar-refractivity contribution in [1.82, 2.24) is 0 Å². The summed E-state index contributed by atoms with van der Waals surface area (Å²) >= 11 is 7.20.